The van der Waals surface area contributed by atoms with E-state index < -0.39 is 10.0 Å². The van der Waals surface area contributed by atoms with Gasteiger partial charge in [0.1, 0.15) is 5.82 Å². The second-order valence-corrected chi connectivity index (χ2v) is 9.77. The van der Waals surface area contributed by atoms with Crippen molar-refractivity contribution in [3.05, 3.63) is 59.9 Å². The Balaban J connectivity index is 1.95. The Kier molecular flexibility index (Phi) is 7.09. The first kappa shape index (κ1) is 22.9. The van der Waals surface area contributed by atoms with Gasteiger partial charge in [0.05, 0.1) is 22.5 Å². The number of carbonyl (C=O) groups is 1. The molecule has 9 heteroatoms. The van der Waals surface area contributed by atoms with Crippen molar-refractivity contribution in [2.45, 2.75) is 37.9 Å². The fourth-order valence-electron chi connectivity index (χ4n) is 3.53. The molecule has 2 N–H and O–H groups in total. The van der Waals surface area contributed by atoms with E-state index in [9.17, 15) is 13.2 Å². The average molecular weight is 444 g/mol. The van der Waals surface area contributed by atoms with Gasteiger partial charge >= 0.3 is 0 Å². The maximum absolute atomic E-state index is 12.5. The summed E-state index contributed by atoms with van der Waals surface area (Å²) in [5, 5.41) is 0. The largest absolute Gasteiger partial charge is 0.370 e. The van der Waals surface area contributed by atoms with Crippen molar-refractivity contribution in [2.24, 2.45) is 5.73 Å². The number of amides is 1. The van der Waals surface area contributed by atoms with Crippen molar-refractivity contribution < 1.29 is 13.2 Å². The number of rotatable bonds is 10. The zero-order valence-corrected chi connectivity index (χ0v) is 19.0. The summed E-state index contributed by atoms with van der Waals surface area (Å²) < 4.78 is 28.3. The minimum Gasteiger partial charge on any atom is -0.370 e. The lowest BCUT2D eigenvalue weighted by Gasteiger charge is -2.22. The highest BCUT2D eigenvalue weighted by Crippen LogP contribution is 2.23. The number of fused-ring (bicyclic) bond motifs is 1. The maximum Gasteiger partial charge on any atom is 0.242 e. The van der Waals surface area contributed by atoms with Crippen LogP contribution in [0.15, 0.2) is 53.4 Å². The van der Waals surface area contributed by atoms with Crippen LogP contribution in [0.1, 0.15) is 24.7 Å². The lowest BCUT2D eigenvalue weighted by molar-refractivity contribution is -0.118. The number of hydrogen-bond acceptors (Lipinski definition) is 5. The highest BCUT2D eigenvalue weighted by atomic mass is 32.2. The Bertz CT molecular complexity index is 1160. The quantitative estimate of drug-likeness (QED) is 0.518. The molecule has 3 rings (SSSR count). The standard InChI is InChI=1S/C22H29N5O3S/c1-4-27-20-11-10-18(31(29,30)25(2)3)14-19(20)24-22(27)16-26(13-12-21(23)28)15-17-8-6-5-7-9-17/h5-11,14H,4,12-13,15-16H2,1-3H3,(H2,23,28). The molecular weight excluding hydrogens is 414 g/mol. The van der Waals surface area contributed by atoms with Gasteiger partial charge in [-0.05, 0) is 30.7 Å². The summed E-state index contributed by atoms with van der Waals surface area (Å²) in [6, 6.07) is 15.0. The van der Waals surface area contributed by atoms with E-state index in [-0.39, 0.29) is 17.2 Å². The molecule has 2 aromatic carbocycles. The molecule has 0 bridgehead atoms. The van der Waals surface area contributed by atoms with E-state index in [1.54, 1.807) is 18.2 Å². The van der Waals surface area contributed by atoms with Gasteiger partial charge in [-0.3, -0.25) is 9.69 Å². The van der Waals surface area contributed by atoms with E-state index in [0.29, 0.717) is 31.7 Å². The second-order valence-electron chi connectivity index (χ2n) is 7.62. The van der Waals surface area contributed by atoms with Gasteiger partial charge in [-0.2, -0.15) is 0 Å². The number of hydrogen-bond donors (Lipinski definition) is 1. The molecule has 1 amide bonds. The summed E-state index contributed by atoms with van der Waals surface area (Å²) in [6.07, 6.45) is 0.254. The van der Waals surface area contributed by atoms with E-state index in [4.69, 9.17) is 10.7 Å². The van der Waals surface area contributed by atoms with Crippen LogP contribution in [0.4, 0.5) is 0 Å². The third kappa shape index (κ3) is 5.30. The number of nitrogens with zero attached hydrogens (tertiary/aromatic N) is 4. The Morgan fingerprint density at radius 3 is 2.42 bits per heavy atom. The monoisotopic (exact) mass is 443 g/mol. The van der Waals surface area contributed by atoms with Crippen molar-refractivity contribution >= 4 is 27.0 Å². The predicted molar refractivity (Wildman–Crippen MR) is 121 cm³/mol. The molecule has 0 fully saturated rings. The molecule has 3 aromatic rings. The molecule has 0 spiro atoms. The molecule has 0 unspecified atom stereocenters. The number of nitrogens with two attached hydrogens (primary N) is 1. The van der Waals surface area contributed by atoms with E-state index in [1.165, 1.54) is 18.4 Å². The third-order valence-corrected chi connectivity index (χ3v) is 6.99. The average Bonchev–Trinajstić information content (AvgIpc) is 3.08. The van der Waals surface area contributed by atoms with Crippen molar-refractivity contribution in [3.63, 3.8) is 0 Å². The number of aromatic nitrogens is 2. The molecule has 0 aliphatic rings. The summed E-state index contributed by atoms with van der Waals surface area (Å²) in [4.78, 5) is 18.5. The van der Waals surface area contributed by atoms with Crippen LogP contribution < -0.4 is 5.73 Å². The van der Waals surface area contributed by atoms with Crippen molar-refractivity contribution in [1.29, 1.82) is 0 Å². The minimum absolute atomic E-state index is 0.215. The van der Waals surface area contributed by atoms with E-state index in [0.717, 1.165) is 16.9 Å². The molecule has 0 aliphatic heterocycles. The zero-order valence-electron chi connectivity index (χ0n) is 18.2. The first-order valence-electron chi connectivity index (χ1n) is 10.2. The van der Waals surface area contributed by atoms with Crippen LogP contribution in [0.25, 0.3) is 11.0 Å². The Labute approximate surface area is 183 Å². The summed E-state index contributed by atoms with van der Waals surface area (Å²) in [7, 11) is -0.519. The molecule has 0 saturated carbocycles. The van der Waals surface area contributed by atoms with Gasteiger partial charge in [-0.15, -0.1) is 0 Å². The summed E-state index contributed by atoms with van der Waals surface area (Å²) >= 11 is 0. The van der Waals surface area contributed by atoms with Gasteiger partial charge in [0.15, 0.2) is 0 Å². The van der Waals surface area contributed by atoms with Crippen LogP contribution in [0.3, 0.4) is 0 Å². The molecule has 0 saturated heterocycles. The number of carbonyl (C=O) groups excluding carboxylic acids is 1. The first-order valence-corrected chi connectivity index (χ1v) is 11.6. The molecule has 1 heterocycles. The maximum atomic E-state index is 12.5. The van der Waals surface area contributed by atoms with Gasteiger partial charge in [-0.1, -0.05) is 30.3 Å². The number of aryl methyl sites for hydroxylation is 1. The fraction of sp³-hybridized carbons (Fsp3) is 0.364. The number of primary amides is 1. The Morgan fingerprint density at radius 2 is 1.81 bits per heavy atom. The summed E-state index contributed by atoms with van der Waals surface area (Å²) in [6.45, 7) is 4.40. The van der Waals surface area contributed by atoms with Gasteiger partial charge in [0.2, 0.25) is 15.9 Å². The number of benzene rings is 2. The van der Waals surface area contributed by atoms with Crippen molar-refractivity contribution in [2.75, 3.05) is 20.6 Å². The van der Waals surface area contributed by atoms with Gasteiger partial charge < -0.3 is 10.3 Å². The van der Waals surface area contributed by atoms with E-state index in [2.05, 4.69) is 9.47 Å². The van der Waals surface area contributed by atoms with E-state index >= 15 is 0 Å². The summed E-state index contributed by atoms with van der Waals surface area (Å²) in [5.74, 6) is 0.470. The Morgan fingerprint density at radius 1 is 1.10 bits per heavy atom. The van der Waals surface area contributed by atoms with Crippen molar-refractivity contribution in [1.82, 2.24) is 18.8 Å². The van der Waals surface area contributed by atoms with Crippen molar-refractivity contribution in [3.8, 4) is 0 Å². The van der Waals surface area contributed by atoms with Crippen LogP contribution in [-0.2, 0) is 34.5 Å². The van der Waals surface area contributed by atoms with Crippen LogP contribution in [0, 0.1) is 0 Å². The molecule has 31 heavy (non-hydrogen) atoms. The first-order chi connectivity index (χ1) is 14.7. The molecule has 0 radical (unpaired) electrons. The molecule has 0 atom stereocenters. The van der Waals surface area contributed by atoms with E-state index in [1.807, 2.05) is 37.3 Å². The molecule has 166 valence electrons. The second kappa shape index (κ2) is 9.59. The summed E-state index contributed by atoms with van der Waals surface area (Å²) in [5.41, 5.74) is 8.02. The number of imidazole rings is 1. The van der Waals surface area contributed by atoms with Gasteiger partial charge in [0, 0.05) is 40.2 Å². The highest BCUT2D eigenvalue weighted by Gasteiger charge is 2.20. The van der Waals surface area contributed by atoms with Crippen LogP contribution in [-0.4, -0.2) is 53.7 Å². The topological polar surface area (TPSA) is 102 Å². The van der Waals surface area contributed by atoms with Gasteiger partial charge in [0.25, 0.3) is 0 Å². The lowest BCUT2D eigenvalue weighted by Crippen LogP contribution is -2.28. The SMILES string of the molecule is CCn1c(CN(CCC(N)=O)Cc2ccccc2)nc2cc(S(=O)(=O)N(C)C)ccc21. The van der Waals surface area contributed by atoms with Gasteiger partial charge in [-0.25, -0.2) is 17.7 Å². The Hall–Kier alpha value is -2.75. The highest BCUT2D eigenvalue weighted by molar-refractivity contribution is 7.89. The minimum atomic E-state index is -3.54. The molecular formula is C22H29N5O3S. The molecule has 0 aliphatic carbocycles. The molecule has 8 nitrogen and oxygen atoms in total. The van der Waals surface area contributed by atoms with Crippen LogP contribution in [0.2, 0.25) is 0 Å². The van der Waals surface area contributed by atoms with Crippen LogP contribution >= 0.6 is 0 Å². The molecule has 1 aromatic heterocycles. The third-order valence-electron chi connectivity index (χ3n) is 5.18. The fourth-order valence-corrected chi connectivity index (χ4v) is 4.45. The lowest BCUT2D eigenvalue weighted by atomic mass is 10.2. The smallest absolute Gasteiger partial charge is 0.242 e. The predicted octanol–water partition coefficient (Wildman–Crippen LogP) is 2.18. The zero-order chi connectivity index (χ0) is 22.6. The van der Waals surface area contributed by atoms with Crippen LogP contribution in [0.5, 0.6) is 0 Å². The normalized spacial score (nSPS) is 12.2. The number of sulfonamides is 1.